The number of anilines is 1. The van der Waals surface area contributed by atoms with E-state index in [2.05, 4.69) is 5.32 Å². The number of amides is 2. The number of aliphatic carboxylic acids is 1. The van der Waals surface area contributed by atoms with Crippen molar-refractivity contribution in [1.29, 1.82) is 0 Å². The van der Waals surface area contributed by atoms with Gasteiger partial charge in [0.05, 0.1) is 12.6 Å². The van der Waals surface area contributed by atoms with Gasteiger partial charge in [0.25, 0.3) is 11.8 Å². The molecule has 1 aliphatic rings. The number of carbonyl (C=O) groups excluding carboxylic acids is 2. The average molecular weight is 368 g/mol. The second kappa shape index (κ2) is 8.01. The minimum absolute atomic E-state index is 0.00496. The quantitative estimate of drug-likeness (QED) is 0.863. The molecule has 2 atom stereocenters. The van der Waals surface area contributed by atoms with Gasteiger partial charge < -0.3 is 20.1 Å². The molecule has 2 N–H and O–H groups in total. The molecule has 2 aromatic rings. The van der Waals surface area contributed by atoms with Gasteiger partial charge in [-0.15, -0.1) is 0 Å². The van der Waals surface area contributed by atoms with Crippen molar-refractivity contribution < 1.29 is 24.2 Å². The third-order valence-electron chi connectivity index (χ3n) is 4.25. The highest BCUT2D eigenvalue weighted by atomic mass is 16.5. The fourth-order valence-electron chi connectivity index (χ4n) is 2.93. The molecule has 1 unspecified atom stereocenters. The molecule has 1 saturated heterocycles. The van der Waals surface area contributed by atoms with Gasteiger partial charge in [-0.1, -0.05) is 18.2 Å². The molecule has 27 heavy (non-hydrogen) atoms. The van der Waals surface area contributed by atoms with Crippen molar-refractivity contribution >= 4 is 23.5 Å². The van der Waals surface area contributed by atoms with Crippen LogP contribution >= 0.6 is 0 Å². The lowest BCUT2D eigenvalue weighted by Crippen LogP contribution is -2.51. The Labute approximate surface area is 156 Å². The van der Waals surface area contributed by atoms with Crippen molar-refractivity contribution in [2.75, 3.05) is 18.4 Å². The number of carboxylic acids is 1. The third kappa shape index (κ3) is 4.51. The maximum Gasteiger partial charge on any atom is 0.334 e. The number of ether oxygens (including phenoxy) is 1. The lowest BCUT2D eigenvalue weighted by atomic mass is 10.1. The van der Waals surface area contributed by atoms with Crippen LogP contribution in [0.3, 0.4) is 0 Å². The minimum atomic E-state index is -1.08. The molecule has 2 amide bonds. The largest absolute Gasteiger partial charge is 0.479 e. The summed E-state index contributed by atoms with van der Waals surface area (Å²) in [5, 5.41) is 11.9. The van der Waals surface area contributed by atoms with Gasteiger partial charge in [0, 0.05) is 23.4 Å². The van der Waals surface area contributed by atoms with Gasteiger partial charge in [0.1, 0.15) is 0 Å². The first-order valence-electron chi connectivity index (χ1n) is 8.58. The molecule has 7 nitrogen and oxygen atoms in total. The van der Waals surface area contributed by atoms with Gasteiger partial charge in [0.15, 0.2) is 6.10 Å². The predicted molar refractivity (Wildman–Crippen MR) is 98.7 cm³/mol. The van der Waals surface area contributed by atoms with Crippen molar-refractivity contribution in [3.63, 3.8) is 0 Å². The number of morpholine rings is 1. The Kier molecular flexibility index (Phi) is 5.52. The number of carboxylic acid groups (broad SMARTS) is 1. The maximum atomic E-state index is 12.7. The van der Waals surface area contributed by atoms with Gasteiger partial charge in [0.2, 0.25) is 0 Å². The number of nitrogens with zero attached hydrogens (tertiary/aromatic N) is 1. The zero-order valence-corrected chi connectivity index (χ0v) is 14.8. The first kappa shape index (κ1) is 18.6. The first-order chi connectivity index (χ1) is 12.9. The number of benzene rings is 2. The predicted octanol–water partition coefficient (Wildman–Crippen LogP) is 2.25. The Morgan fingerprint density at radius 2 is 1.67 bits per heavy atom. The Morgan fingerprint density at radius 3 is 2.30 bits per heavy atom. The van der Waals surface area contributed by atoms with Crippen LogP contribution in [-0.2, 0) is 9.53 Å². The van der Waals surface area contributed by atoms with Gasteiger partial charge in [-0.25, -0.2) is 4.79 Å². The van der Waals surface area contributed by atoms with Gasteiger partial charge in [-0.05, 0) is 43.3 Å². The standard InChI is InChI=1S/C20H20N2O5/c1-13-11-22(12-17(27-13)20(25)26)19(24)15-7-9-16(10-8-15)21-18(23)14-5-3-2-4-6-14/h2-10,13,17H,11-12H2,1H3,(H,21,23)(H,25,26)/t13-,17?/m1/s1. The van der Waals surface area contributed by atoms with Crippen LogP contribution in [0.4, 0.5) is 5.69 Å². The monoisotopic (exact) mass is 368 g/mol. The van der Waals surface area contributed by atoms with Crippen LogP contribution in [0.25, 0.3) is 0 Å². The summed E-state index contributed by atoms with van der Waals surface area (Å²) in [4.78, 5) is 37.5. The highest BCUT2D eigenvalue weighted by Gasteiger charge is 2.32. The van der Waals surface area contributed by atoms with E-state index in [4.69, 9.17) is 9.84 Å². The molecular weight excluding hydrogens is 348 g/mol. The highest BCUT2D eigenvalue weighted by Crippen LogP contribution is 2.17. The zero-order chi connectivity index (χ0) is 19.4. The van der Waals surface area contributed by atoms with Crippen LogP contribution in [-0.4, -0.2) is 53.1 Å². The van der Waals surface area contributed by atoms with Gasteiger partial charge >= 0.3 is 5.97 Å². The molecule has 7 heteroatoms. The molecule has 3 rings (SSSR count). The molecule has 1 fully saturated rings. The number of carbonyl (C=O) groups is 3. The molecule has 0 spiro atoms. The molecule has 0 aromatic heterocycles. The van der Waals surface area contributed by atoms with Crippen LogP contribution in [0.5, 0.6) is 0 Å². The van der Waals surface area contributed by atoms with E-state index in [1.807, 2.05) is 6.07 Å². The van der Waals surface area contributed by atoms with E-state index in [1.165, 1.54) is 4.90 Å². The van der Waals surface area contributed by atoms with E-state index in [-0.39, 0.29) is 24.5 Å². The van der Waals surface area contributed by atoms with E-state index >= 15 is 0 Å². The summed E-state index contributed by atoms with van der Waals surface area (Å²) in [6, 6.07) is 15.3. The van der Waals surface area contributed by atoms with Gasteiger partial charge in [-0.3, -0.25) is 9.59 Å². The van der Waals surface area contributed by atoms with E-state index < -0.39 is 12.1 Å². The zero-order valence-electron chi connectivity index (χ0n) is 14.8. The normalized spacial score (nSPS) is 19.4. The first-order valence-corrected chi connectivity index (χ1v) is 8.58. The Bertz CT molecular complexity index is 835. The molecule has 2 aromatic carbocycles. The molecule has 0 bridgehead atoms. The van der Waals surface area contributed by atoms with Crippen molar-refractivity contribution in [3.8, 4) is 0 Å². The topological polar surface area (TPSA) is 95.9 Å². The van der Waals surface area contributed by atoms with Crippen LogP contribution in [0.2, 0.25) is 0 Å². The fraction of sp³-hybridized carbons (Fsp3) is 0.250. The molecule has 0 aliphatic carbocycles. The summed E-state index contributed by atoms with van der Waals surface area (Å²) in [6.07, 6.45) is -1.38. The smallest absolute Gasteiger partial charge is 0.334 e. The molecular formula is C20H20N2O5. The second-order valence-electron chi connectivity index (χ2n) is 6.38. The van der Waals surface area contributed by atoms with E-state index in [9.17, 15) is 14.4 Å². The van der Waals surface area contributed by atoms with Crippen LogP contribution in [0.15, 0.2) is 54.6 Å². The average Bonchev–Trinajstić information content (AvgIpc) is 2.68. The van der Waals surface area contributed by atoms with E-state index in [0.717, 1.165) is 0 Å². The summed E-state index contributed by atoms with van der Waals surface area (Å²) < 4.78 is 5.33. The summed E-state index contributed by atoms with van der Waals surface area (Å²) in [6.45, 7) is 2.07. The third-order valence-corrected chi connectivity index (χ3v) is 4.25. The molecule has 0 saturated carbocycles. The SMILES string of the molecule is C[C@@H]1CN(C(=O)c2ccc(NC(=O)c3ccccc3)cc2)CC(C(=O)O)O1. The van der Waals surface area contributed by atoms with Crippen molar-refractivity contribution in [1.82, 2.24) is 4.90 Å². The summed E-state index contributed by atoms with van der Waals surface area (Å²) in [7, 11) is 0. The van der Waals surface area contributed by atoms with E-state index in [0.29, 0.717) is 23.4 Å². The number of nitrogens with one attached hydrogen (secondary N) is 1. The summed E-state index contributed by atoms with van der Waals surface area (Å²) in [5.41, 5.74) is 1.53. The van der Waals surface area contributed by atoms with E-state index in [1.54, 1.807) is 55.5 Å². The summed E-state index contributed by atoms with van der Waals surface area (Å²) >= 11 is 0. The van der Waals surface area contributed by atoms with Crippen LogP contribution in [0, 0.1) is 0 Å². The van der Waals surface area contributed by atoms with Crippen LogP contribution < -0.4 is 5.32 Å². The number of hydrogen-bond acceptors (Lipinski definition) is 4. The molecule has 1 heterocycles. The number of rotatable bonds is 4. The lowest BCUT2D eigenvalue weighted by Gasteiger charge is -2.35. The number of hydrogen-bond donors (Lipinski definition) is 2. The fourth-order valence-corrected chi connectivity index (χ4v) is 2.93. The second-order valence-corrected chi connectivity index (χ2v) is 6.38. The Morgan fingerprint density at radius 1 is 1.00 bits per heavy atom. The summed E-state index contributed by atoms with van der Waals surface area (Å²) in [5.74, 6) is -1.59. The highest BCUT2D eigenvalue weighted by molar-refractivity contribution is 6.04. The Hall–Kier alpha value is -3.19. The molecule has 0 radical (unpaired) electrons. The van der Waals surface area contributed by atoms with Crippen molar-refractivity contribution in [2.24, 2.45) is 0 Å². The maximum absolute atomic E-state index is 12.7. The minimum Gasteiger partial charge on any atom is -0.479 e. The van der Waals surface area contributed by atoms with Crippen LogP contribution in [0.1, 0.15) is 27.6 Å². The van der Waals surface area contributed by atoms with Crippen molar-refractivity contribution in [2.45, 2.75) is 19.1 Å². The van der Waals surface area contributed by atoms with Crippen molar-refractivity contribution in [3.05, 3.63) is 65.7 Å². The molecule has 1 aliphatic heterocycles. The molecule has 140 valence electrons. The van der Waals surface area contributed by atoms with Gasteiger partial charge in [-0.2, -0.15) is 0 Å². The Balaban J connectivity index is 1.67. The lowest BCUT2D eigenvalue weighted by molar-refractivity contribution is -0.160.